The molecule has 1 N–H and O–H groups in total. The van der Waals surface area contributed by atoms with Crippen LogP contribution in [0.5, 0.6) is 0 Å². The van der Waals surface area contributed by atoms with Gasteiger partial charge in [0.1, 0.15) is 0 Å². The van der Waals surface area contributed by atoms with Crippen LogP contribution in [0.4, 0.5) is 0 Å². The molecule has 1 atom stereocenters. The lowest BCUT2D eigenvalue weighted by atomic mass is 9.68. The first kappa shape index (κ1) is 18.5. The van der Waals surface area contributed by atoms with Crippen LogP contribution >= 0.6 is 0 Å². The fraction of sp³-hybridized carbons (Fsp3) is 0.333. The second-order valence-electron chi connectivity index (χ2n) is 8.53. The van der Waals surface area contributed by atoms with Gasteiger partial charge >= 0.3 is 5.97 Å². The van der Waals surface area contributed by atoms with Gasteiger partial charge in [-0.3, -0.25) is 4.79 Å². The number of dihydropyridines is 1. The Morgan fingerprint density at radius 3 is 2.54 bits per heavy atom. The maximum absolute atomic E-state index is 13.2. The predicted molar refractivity (Wildman–Crippen MR) is 110 cm³/mol. The van der Waals surface area contributed by atoms with E-state index < -0.39 is 11.9 Å². The summed E-state index contributed by atoms with van der Waals surface area (Å²) in [6.45, 7) is 6.10. The van der Waals surface area contributed by atoms with Gasteiger partial charge in [0.15, 0.2) is 5.78 Å². The summed E-state index contributed by atoms with van der Waals surface area (Å²) in [5.41, 5.74) is 3.77. The molecule has 4 heteroatoms. The first-order valence-corrected chi connectivity index (χ1v) is 9.62. The topological polar surface area (TPSA) is 55.4 Å². The van der Waals surface area contributed by atoms with Crippen molar-refractivity contribution in [2.45, 2.75) is 39.5 Å². The number of ether oxygens (including phenoxy) is 1. The van der Waals surface area contributed by atoms with Crippen molar-refractivity contribution < 1.29 is 14.3 Å². The Balaban J connectivity index is 1.93. The number of hydrogen-bond acceptors (Lipinski definition) is 4. The molecule has 0 saturated carbocycles. The van der Waals surface area contributed by atoms with E-state index >= 15 is 0 Å². The molecule has 0 fully saturated rings. The highest BCUT2D eigenvalue weighted by Crippen LogP contribution is 2.47. The van der Waals surface area contributed by atoms with Crippen molar-refractivity contribution in [3.8, 4) is 0 Å². The van der Waals surface area contributed by atoms with Gasteiger partial charge in [-0.05, 0) is 35.1 Å². The van der Waals surface area contributed by atoms with E-state index in [0.29, 0.717) is 17.6 Å². The molecule has 0 saturated heterocycles. The third-order valence-electron chi connectivity index (χ3n) is 5.75. The molecule has 4 nitrogen and oxygen atoms in total. The van der Waals surface area contributed by atoms with Crippen LogP contribution in [-0.4, -0.2) is 18.9 Å². The molecular formula is C24H25NO3. The number of methoxy groups -OCH3 is 1. The second kappa shape index (κ2) is 6.62. The number of nitrogens with one attached hydrogen (secondary N) is 1. The lowest BCUT2D eigenvalue weighted by molar-refractivity contribution is -0.136. The summed E-state index contributed by atoms with van der Waals surface area (Å²) < 4.78 is 5.08. The Kier molecular flexibility index (Phi) is 4.37. The zero-order valence-electron chi connectivity index (χ0n) is 16.8. The molecule has 1 aliphatic carbocycles. The van der Waals surface area contributed by atoms with E-state index in [4.69, 9.17) is 4.74 Å². The largest absolute Gasteiger partial charge is 0.466 e. The monoisotopic (exact) mass is 375 g/mol. The smallest absolute Gasteiger partial charge is 0.336 e. The highest BCUT2D eigenvalue weighted by Gasteiger charge is 2.42. The Morgan fingerprint density at radius 1 is 1.11 bits per heavy atom. The molecule has 0 aromatic heterocycles. The molecule has 0 radical (unpaired) electrons. The summed E-state index contributed by atoms with van der Waals surface area (Å²) >= 11 is 0. The Bertz CT molecular complexity index is 1060. The van der Waals surface area contributed by atoms with E-state index in [0.717, 1.165) is 34.2 Å². The number of hydrogen-bond donors (Lipinski definition) is 1. The zero-order valence-corrected chi connectivity index (χ0v) is 16.8. The van der Waals surface area contributed by atoms with Gasteiger partial charge in [0.25, 0.3) is 0 Å². The summed E-state index contributed by atoms with van der Waals surface area (Å²) in [6.07, 6.45) is 1.26. The van der Waals surface area contributed by atoms with Crippen LogP contribution in [0.1, 0.15) is 45.1 Å². The molecule has 2 aromatic rings. The molecular weight excluding hydrogens is 350 g/mol. The number of rotatable bonds is 2. The van der Waals surface area contributed by atoms with Crippen molar-refractivity contribution in [1.82, 2.24) is 5.32 Å². The third-order valence-corrected chi connectivity index (χ3v) is 5.75. The number of ketones is 1. The van der Waals surface area contributed by atoms with Crippen molar-refractivity contribution in [1.29, 1.82) is 0 Å². The van der Waals surface area contributed by atoms with Gasteiger partial charge in [-0.2, -0.15) is 0 Å². The molecule has 2 aromatic carbocycles. The van der Waals surface area contributed by atoms with E-state index in [9.17, 15) is 9.59 Å². The second-order valence-corrected chi connectivity index (χ2v) is 8.53. The third kappa shape index (κ3) is 3.03. The van der Waals surface area contributed by atoms with Crippen LogP contribution in [-0.2, 0) is 14.3 Å². The molecule has 1 heterocycles. The van der Waals surface area contributed by atoms with E-state index in [1.54, 1.807) is 0 Å². The zero-order chi connectivity index (χ0) is 20.1. The van der Waals surface area contributed by atoms with Gasteiger partial charge in [0.05, 0.1) is 12.7 Å². The van der Waals surface area contributed by atoms with E-state index in [-0.39, 0.29) is 11.2 Å². The Morgan fingerprint density at radius 2 is 1.82 bits per heavy atom. The van der Waals surface area contributed by atoms with Gasteiger partial charge in [-0.25, -0.2) is 4.79 Å². The number of allylic oxidation sites excluding steroid dienone is 3. The molecule has 1 aliphatic heterocycles. The molecule has 0 amide bonds. The molecule has 0 unspecified atom stereocenters. The summed E-state index contributed by atoms with van der Waals surface area (Å²) in [5, 5.41) is 5.56. The minimum Gasteiger partial charge on any atom is -0.466 e. The highest BCUT2D eigenvalue weighted by atomic mass is 16.5. The predicted octanol–water partition coefficient (Wildman–Crippen LogP) is 4.62. The first-order chi connectivity index (χ1) is 13.3. The summed E-state index contributed by atoms with van der Waals surface area (Å²) in [4.78, 5) is 25.9. The van der Waals surface area contributed by atoms with E-state index in [2.05, 4.69) is 43.4 Å². The van der Waals surface area contributed by atoms with Crippen LogP contribution in [0.15, 0.2) is 65.0 Å². The molecule has 28 heavy (non-hydrogen) atoms. The normalized spacial score (nSPS) is 21.4. The van der Waals surface area contributed by atoms with Crippen LogP contribution in [0.3, 0.4) is 0 Å². The van der Waals surface area contributed by atoms with Gasteiger partial charge in [0.2, 0.25) is 0 Å². The van der Waals surface area contributed by atoms with Crippen LogP contribution < -0.4 is 5.32 Å². The summed E-state index contributed by atoms with van der Waals surface area (Å²) in [5.74, 6) is -0.699. The fourth-order valence-electron chi connectivity index (χ4n) is 4.54. The van der Waals surface area contributed by atoms with Crippen molar-refractivity contribution >= 4 is 22.5 Å². The van der Waals surface area contributed by atoms with Gasteiger partial charge < -0.3 is 10.1 Å². The van der Waals surface area contributed by atoms with Crippen LogP contribution in [0.25, 0.3) is 10.8 Å². The minimum atomic E-state index is -0.406. The molecule has 0 spiro atoms. The quantitative estimate of drug-likeness (QED) is 0.779. The number of carbonyl (C=O) groups excluding carboxylic acids is 2. The van der Waals surface area contributed by atoms with Crippen molar-refractivity contribution in [2.24, 2.45) is 5.41 Å². The molecule has 0 bridgehead atoms. The lowest BCUT2D eigenvalue weighted by Gasteiger charge is -2.39. The molecule has 144 valence electrons. The molecule has 2 aliphatic rings. The van der Waals surface area contributed by atoms with E-state index in [1.165, 1.54) is 7.11 Å². The SMILES string of the molecule is COC(=O)C1=C(C)NC2=C(C(=O)CC(C)(C)C2)[C@@H]1c1ccc2ccccc2c1. The van der Waals surface area contributed by atoms with Crippen molar-refractivity contribution in [3.05, 3.63) is 70.6 Å². The van der Waals surface area contributed by atoms with Gasteiger partial charge in [-0.15, -0.1) is 0 Å². The standard InChI is InChI=1S/C24H25NO3/c1-14-20(23(27)28-4)21(17-10-9-15-7-5-6-8-16(15)11-17)22-18(25-14)12-24(2,3)13-19(22)26/h5-11,21,25H,12-13H2,1-4H3/t21-/m1/s1. The van der Waals surface area contributed by atoms with Crippen molar-refractivity contribution in [2.75, 3.05) is 7.11 Å². The van der Waals surface area contributed by atoms with Crippen LogP contribution in [0, 0.1) is 5.41 Å². The van der Waals surface area contributed by atoms with Gasteiger partial charge in [0, 0.05) is 29.3 Å². The maximum atomic E-state index is 13.2. The number of benzene rings is 2. The average Bonchev–Trinajstić information content (AvgIpc) is 2.65. The van der Waals surface area contributed by atoms with Crippen LogP contribution in [0.2, 0.25) is 0 Å². The Labute approximate surface area is 165 Å². The summed E-state index contributed by atoms with van der Waals surface area (Å²) in [6, 6.07) is 14.3. The van der Waals surface area contributed by atoms with Crippen molar-refractivity contribution in [3.63, 3.8) is 0 Å². The Hall–Kier alpha value is -2.88. The number of carbonyl (C=O) groups is 2. The van der Waals surface area contributed by atoms with E-state index in [1.807, 2.05) is 25.1 Å². The average molecular weight is 375 g/mol. The number of esters is 1. The maximum Gasteiger partial charge on any atom is 0.336 e. The highest BCUT2D eigenvalue weighted by molar-refractivity contribution is 6.04. The number of Topliss-reactive ketones (excluding diaryl/α,β-unsaturated/α-hetero) is 1. The lowest BCUT2D eigenvalue weighted by Crippen LogP contribution is -2.38. The fourth-order valence-corrected chi connectivity index (χ4v) is 4.54. The number of fused-ring (bicyclic) bond motifs is 1. The summed E-state index contributed by atoms with van der Waals surface area (Å²) in [7, 11) is 1.38. The van der Waals surface area contributed by atoms with Gasteiger partial charge in [-0.1, -0.05) is 56.3 Å². The first-order valence-electron chi connectivity index (χ1n) is 9.62. The molecule has 4 rings (SSSR count). The minimum absolute atomic E-state index is 0.0973.